The molecule has 0 heterocycles. The Bertz CT molecular complexity index is 638. The minimum absolute atomic E-state index is 0.201. The van der Waals surface area contributed by atoms with Gasteiger partial charge in [-0.3, -0.25) is 4.79 Å². The lowest BCUT2D eigenvalue weighted by Crippen LogP contribution is -2.14. The zero-order valence-electron chi connectivity index (χ0n) is 10.8. The molecule has 0 spiro atoms. The molecule has 2 rings (SSSR count). The second kappa shape index (κ2) is 5.45. The van der Waals surface area contributed by atoms with Crippen LogP contribution in [0.4, 0.5) is 11.4 Å². The number of anilines is 2. The molecule has 3 N–H and O–H groups in total. The van der Waals surface area contributed by atoms with E-state index < -0.39 is 0 Å². The number of nitrogen functional groups attached to an aromatic ring is 1. The topological polar surface area (TPSA) is 55.1 Å². The minimum Gasteiger partial charge on any atom is -0.398 e. The van der Waals surface area contributed by atoms with Crippen LogP contribution in [0.3, 0.4) is 0 Å². The molecule has 0 bridgehead atoms. The summed E-state index contributed by atoms with van der Waals surface area (Å²) in [5.74, 6) is -0.201. The summed E-state index contributed by atoms with van der Waals surface area (Å²) in [4.78, 5) is 12.2. The molecule has 0 aliphatic heterocycles. The molecule has 0 aliphatic carbocycles. The second-order valence-electron chi connectivity index (χ2n) is 4.48. The first kappa shape index (κ1) is 13.6. The molecule has 2 aromatic carbocycles. The van der Waals surface area contributed by atoms with Crippen LogP contribution < -0.4 is 11.1 Å². The van der Waals surface area contributed by atoms with Crippen molar-refractivity contribution in [3.63, 3.8) is 0 Å². The van der Waals surface area contributed by atoms with Crippen molar-refractivity contribution in [2.24, 2.45) is 0 Å². The Morgan fingerprint density at radius 1 is 1.21 bits per heavy atom. The van der Waals surface area contributed by atoms with Crippen molar-refractivity contribution in [2.45, 2.75) is 13.8 Å². The van der Waals surface area contributed by atoms with Gasteiger partial charge in [0, 0.05) is 10.2 Å². The fourth-order valence-corrected chi connectivity index (χ4v) is 2.16. The van der Waals surface area contributed by atoms with Gasteiger partial charge in [0.1, 0.15) is 0 Å². The van der Waals surface area contributed by atoms with Crippen molar-refractivity contribution in [2.75, 3.05) is 11.1 Å². The number of nitrogens with two attached hydrogens (primary N) is 1. The molecule has 2 aromatic rings. The van der Waals surface area contributed by atoms with E-state index >= 15 is 0 Å². The third kappa shape index (κ3) is 2.96. The molecule has 0 aliphatic rings. The number of carbonyl (C=O) groups is 1. The van der Waals surface area contributed by atoms with E-state index in [1.165, 1.54) is 0 Å². The van der Waals surface area contributed by atoms with E-state index in [1.54, 1.807) is 12.1 Å². The predicted octanol–water partition coefficient (Wildman–Crippen LogP) is 3.90. The Balaban J connectivity index is 2.31. The third-order valence-corrected chi connectivity index (χ3v) is 3.95. The van der Waals surface area contributed by atoms with Crippen LogP contribution in [-0.2, 0) is 0 Å². The summed E-state index contributed by atoms with van der Waals surface area (Å²) in [5, 5.41) is 2.87. The van der Waals surface area contributed by atoms with Gasteiger partial charge in [-0.05, 0) is 53.5 Å². The van der Waals surface area contributed by atoms with Crippen molar-refractivity contribution >= 4 is 33.2 Å². The van der Waals surface area contributed by atoms with Gasteiger partial charge < -0.3 is 11.1 Å². The van der Waals surface area contributed by atoms with Gasteiger partial charge in [0.05, 0.1) is 11.3 Å². The molecule has 0 fully saturated rings. The van der Waals surface area contributed by atoms with Crippen LogP contribution >= 0.6 is 15.9 Å². The van der Waals surface area contributed by atoms with E-state index in [4.69, 9.17) is 5.73 Å². The maximum Gasteiger partial charge on any atom is 0.257 e. The normalized spacial score (nSPS) is 10.3. The van der Waals surface area contributed by atoms with Gasteiger partial charge in [0.2, 0.25) is 0 Å². The van der Waals surface area contributed by atoms with Crippen LogP contribution in [0.25, 0.3) is 0 Å². The molecule has 0 saturated carbocycles. The number of amides is 1. The van der Waals surface area contributed by atoms with E-state index in [-0.39, 0.29) is 5.91 Å². The fraction of sp³-hybridized carbons (Fsp3) is 0.133. The maximum atomic E-state index is 12.2. The molecule has 0 radical (unpaired) electrons. The number of hydrogen-bond donors (Lipinski definition) is 2. The van der Waals surface area contributed by atoms with Gasteiger partial charge in [-0.25, -0.2) is 0 Å². The largest absolute Gasteiger partial charge is 0.398 e. The highest BCUT2D eigenvalue weighted by atomic mass is 79.9. The minimum atomic E-state index is -0.201. The molecule has 3 nitrogen and oxygen atoms in total. The van der Waals surface area contributed by atoms with E-state index in [9.17, 15) is 4.79 Å². The van der Waals surface area contributed by atoms with E-state index in [2.05, 4.69) is 21.2 Å². The van der Waals surface area contributed by atoms with Crippen LogP contribution in [0.5, 0.6) is 0 Å². The van der Waals surface area contributed by atoms with E-state index in [1.807, 2.05) is 38.1 Å². The number of halogens is 1. The highest BCUT2D eigenvalue weighted by Crippen LogP contribution is 2.26. The maximum absolute atomic E-state index is 12.2. The Labute approximate surface area is 121 Å². The van der Waals surface area contributed by atoms with Crippen molar-refractivity contribution in [3.8, 4) is 0 Å². The number of rotatable bonds is 2. The third-order valence-electron chi connectivity index (χ3n) is 2.89. The van der Waals surface area contributed by atoms with Crippen molar-refractivity contribution in [1.82, 2.24) is 0 Å². The first-order valence-electron chi connectivity index (χ1n) is 5.91. The summed E-state index contributed by atoms with van der Waals surface area (Å²) in [6, 6.07) is 11.1. The monoisotopic (exact) mass is 318 g/mol. The lowest BCUT2D eigenvalue weighted by Gasteiger charge is -2.11. The lowest BCUT2D eigenvalue weighted by atomic mass is 10.1. The molecule has 0 saturated heterocycles. The van der Waals surface area contributed by atoms with E-state index in [0.717, 1.165) is 21.3 Å². The number of hydrogen-bond acceptors (Lipinski definition) is 2. The summed E-state index contributed by atoms with van der Waals surface area (Å²) in [5.41, 5.74) is 9.62. The van der Waals surface area contributed by atoms with Crippen LogP contribution in [0.2, 0.25) is 0 Å². The molecule has 98 valence electrons. The van der Waals surface area contributed by atoms with Crippen molar-refractivity contribution < 1.29 is 4.79 Å². The van der Waals surface area contributed by atoms with Crippen LogP contribution in [-0.4, -0.2) is 5.91 Å². The SMILES string of the molecule is Cc1ccc(N)c(C(=O)Nc2cccc(C)c2Br)c1. The van der Waals surface area contributed by atoms with Gasteiger partial charge in [-0.1, -0.05) is 23.8 Å². The van der Waals surface area contributed by atoms with Gasteiger partial charge in [0.15, 0.2) is 0 Å². The number of benzene rings is 2. The summed E-state index contributed by atoms with van der Waals surface area (Å²) >= 11 is 3.47. The smallest absolute Gasteiger partial charge is 0.257 e. The van der Waals surface area contributed by atoms with Crippen molar-refractivity contribution in [1.29, 1.82) is 0 Å². The first-order chi connectivity index (χ1) is 8.99. The first-order valence-corrected chi connectivity index (χ1v) is 6.71. The second-order valence-corrected chi connectivity index (χ2v) is 5.27. The van der Waals surface area contributed by atoms with Crippen LogP contribution in [0.15, 0.2) is 40.9 Å². The van der Waals surface area contributed by atoms with E-state index in [0.29, 0.717) is 11.3 Å². The van der Waals surface area contributed by atoms with Crippen LogP contribution in [0.1, 0.15) is 21.5 Å². The molecule has 0 unspecified atom stereocenters. The highest BCUT2D eigenvalue weighted by molar-refractivity contribution is 9.10. The summed E-state index contributed by atoms with van der Waals surface area (Å²) in [7, 11) is 0. The number of nitrogens with one attached hydrogen (secondary N) is 1. The zero-order chi connectivity index (χ0) is 14.0. The Kier molecular flexibility index (Phi) is 3.90. The number of aryl methyl sites for hydroxylation is 2. The average molecular weight is 319 g/mol. The molecular formula is C15H15BrN2O. The fourth-order valence-electron chi connectivity index (χ4n) is 1.80. The predicted molar refractivity (Wildman–Crippen MR) is 82.4 cm³/mol. The highest BCUT2D eigenvalue weighted by Gasteiger charge is 2.12. The standard InChI is InChI=1S/C15H15BrN2O/c1-9-6-7-12(17)11(8-9)15(19)18-13-5-3-4-10(2)14(13)16/h3-8H,17H2,1-2H3,(H,18,19). The van der Waals surface area contributed by atoms with Gasteiger partial charge in [-0.15, -0.1) is 0 Å². The molecule has 0 atom stereocenters. The van der Waals surface area contributed by atoms with Crippen molar-refractivity contribution in [3.05, 3.63) is 57.6 Å². The molecule has 19 heavy (non-hydrogen) atoms. The summed E-state index contributed by atoms with van der Waals surface area (Å²) < 4.78 is 0.884. The average Bonchev–Trinajstić information content (AvgIpc) is 2.38. The lowest BCUT2D eigenvalue weighted by molar-refractivity contribution is 0.102. The Morgan fingerprint density at radius 3 is 2.68 bits per heavy atom. The quantitative estimate of drug-likeness (QED) is 0.825. The Hall–Kier alpha value is -1.81. The zero-order valence-corrected chi connectivity index (χ0v) is 12.4. The van der Waals surface area contributed by atoms with Gasteiger partial charge in [0.25, 0.3) is 5.91 Å². The number of carbonyl (C=O) groups excluding carboxylic acids is 1. The Morgan fingerprint density at radius 2 is 1.95 bits per heavy atom. The molecule has 1 amide bonds. The molecule has 4 heteroatoms. The van der Waals surface area contributed by atoms with Gasteiger partial charge in [-0.2, -0.15) is 0 Å². The van der Waals surface area contributed by atoms with Crippen LogP contribution in [0, 0.1) is 13.8 Å². The molecular weight excluding hydrogens is 304 g/mol. The van der Waals surface area contributed by atoms with Gasteiger partial charge >= 0.3 is 0 Å². The molecule has 0 aromatic heterocycles. The summed E-state index contributed by atoms with van der Waals surface area (Å²) in [6.45, 7) is 3.90. The summed E-state index contributed by atoms with van der Waals surface area (Å²) in [6.07, 6.45) is 0.